The molecule has 0 saturated carbocycles. The highest BCUT2D eigenvalue weighted by molar-refractivity contribution is 5.78. The first-order valence-corrected chi connectivity index (χ1v) is 6.88. The maximum atomic E-state index is 6.34. The van der Waals surface area contributed by atoms with Crippen LogP contribution in [0.25, 0.3) is 11.0 Å². The van der Waals surface area contributed by atoms with E-state index in [1.54, 1.807) is 6.20 Å². The van der Waals surface area contributed by atoms with Gasteiger partial charge in [0.05, 0.1) is 5.69 Å². The van der Waals surface area contributed by atoms with Crippen LogP contribution < -0.4 is 5.73 Å². The molecule has 3 rings (SSSR count). The van der Waals surface area contributed by atoms with Crippen LogP contribution in [0.2, 0.25) is 0 Å². The Labute approximate surface area is 118 Å². The van der Waals surface area contributed by atoms with E-state index in [1.165, 1.54) is 5.56 Å². The minimum absolute atomic E-state index is 0.321. The summed E-state index contributed by atoms with van der Waals surface area (Å²) in [5, 5.41) is 1.09. The number of nitrogens with two attached hydrogens (primary N) is 1. The molecule has 2 N–H and O–H groups in total. The van der Waals surface area contributed by atoms with Crippen LogP contribution in [-0.4, -0.2) is 4.98 Å². The van der Waals surface area contributed by atoms with E-state index in [0.717, 1.165) is 34.4 Å². The number of nitrogens with zero attached hydrogens (tertiary/aromatic N) is 1. The molecule has 0 bridgehead atoms. The zero-order valence-corrected chi connectivity index (χ0v) is 11.8. The van der Waals surface area contributed by atoms with Crippen molar-refractivity contribution in [2.75, 3.05) is 0 Å². The van der Waals surface area contributed by atoms with E-state index in [2.05, 4.69) is 31.0 Å². The normalized spacial score (nSPS) is 12.8. The summed E-state index contributed by atoms with van der Waals surface area (Å²) in [5.74, 6) is 0.763. The maximum Gasteiger partial charge on any atom is 0.134 e. The summed E-state index contributed by atoms with van der Waals surface area (Å²) < 4.78 is 5.87. The van der Waals surface area contributed by atoms with Crippen molar-refractivity contribution in [2.45, 2.75) is 26.3 Å². The van der Waals surface area contributed by atoms with E-state index in [0.29, 0.717) is 0 Å². The lowest BCUT2D eigenvalue weighted by atomic mass is 10.0. The molecule has 3 nitrogen and oxygen atoms in total. The van der Waals surface area contributed by atoms with Gasteiger partial charge in [0, 0.05) is 11.6 Å². The van der Waals surface area contributed by atoms with Gasteiger partial charge in [0.1, 0.15) is 17.4 Å². The van der Waals surface area contributed by atoms with Gasteiger partial charge in [0.2, 0.25) is 0 Å². The van der Waals surface area contributed by atoms with Crippen molar-refractivity contribution < 1.29 is 4.42 Å². The number of hydrogen-bond acceptors (Lipinski definition) is 3. The molecule has 0 spiro atoms. The van der Waals surface area contributed by atoms with Crippen molar-refractivity contribution in [3.8, 4) is 0 Å². The number of fused-ring (bicyclic) bond motifs is 1. The largest absolute Gasteiger partial charge is 0.459 e. The fraction of sp³-hybridized carbons (Fsp3) is 0.235. The van der Waals surface area contributed by atoms with Crippen LogP contribution in [0.3, 0.4) is 0 Å². The summed E-state index contributed by atoms with van der Waals surface area (Å²) in [5.41, 5.74) is 10.5. The fourth-order valence-electron chi connectivity index (χ4n) is 2.50. The zero-order valence-electron chi connectivity index (χ0n) is 11.8. The van der Waals surface area contributed by atoms with Crippen molar-refractivity contribution in [2.24, 2.45) is 5.73 Å². The summed E-state index contributed by atoms with van der Waals surface area (Å²) >= 11 is 0. The Kier molecular flexibility index (Phi) is 3.28. The molecule has 2 aromatic heterocycles. The molecule has 0 amide bonds. The fourth-order valence-corrected chi connectivity index (χ4v) is 2.50. The molecule has 2 heterocycles. The number of hydrogen-bond donors (Lipinski definition) is 1. The van der Waals surface area contributed by atoms with Crippen LogP contribution in [0.15, 0.2) is 47.0 Å². The van der Waals surface area contributed by atoms with Gasteiger partial charge in [-0.1, -0.05) is 24.6 Å². The third-order valence-corrected chi connectivity index (χ3v) is 3.60. The molecular weight excluding hydrogens is 248 g/mol. The molecule has 0 aliphatic rings. The Bertz CT molecular complexity index is 746. The summed E-state index contributed by atoms with van der Waals surface area (Å²) in [4.78, 5) is 4.43. The van der Waals surface area contributed by atoms with Crippen molar-refractivity contribution in [1.82, 2.24) is 4.98 Å². The van der Waals surface area contributed by atoms with E-state index >= 15 is 0 Å². The molecule has 1 atom stereocenters. The van der Waals surface area contributed by atoms with Crippen LogP contribution in [0.4, 0.5) is 0 Å². The molecule has 102 valence electrons. The van der Waals surface area contributed by atoms with E-state index in [-0.39, 0.29) is 6.04 Å². The zero-order chi connectivity index (χ0) is 14.1. The molecule has 1 unspecified atom stereocenters. The first-order valence-electron chi connectivity index (χ1n) is 6.88. The summed E-state index contributed by atoms with van der Waals surface area (Å²) in [6.45, 7) is 4.18. The van der Waals surface area contributed by atoms with Crippen molar-refractivity contribution in [1.29, 1.82) is 0 Å². The van der Waals surface area contributed by atoms with Gasteiger partial charge in [-0.05, 0) is 43.2 Å². The van der Waals surface area contributed by atoms with Gasteiger partial charge in [-0.15, -0.1) is 0 Å². The van der Waals surface area contributed by atoms with E-state index in [1.807, 2.05) is 24.3 Å². The molecule has 3 heteroatoms. The molecule has 1 aromatic carbocycles. The van der Waals surface area contributed by atoms with E-state index in [4.69, 9.17) is 10.2 Å². The Morgan fingerprint density at radius 3 is 2.90 bits per heavy atom. The van der Waals surface area contributed by atoms with Crippen LogP contribution >= 0.6 is 0 Å². The second-order valence-corrected chi connectivity index (χ2v) is 5.07. The third-order valence-electron chi connectivity index (χ3n) is 3.60. The van der Waals surface area contributed by atoms with Gasteiger partial charge in [0.25, 0.3) is 0 Å². The number of benzene rings is 1. The van der Waals surface area contributed by atoms with Crippen LogP contribution in [0, 0.1) is 6.92 Å². The second kappa shape index (κ2) is 5.10. The number of pyridine rings is 1. The first-order chi connectivity index (χ1) is 9.69. The van der Waals surface area contributed by atoms with E-state index < -0.39 is 0 Å². The number of aryl methyl sites for hydroxylation is 2. The van der Waals surface area contributed by atoms with Crippen LogP contribution in [-0.2, 0) is 6.42 Å². The van der Waals surface area contributed by atoms with Crippen LogP contribution in [0.5, 0.6) is 0 Å². The lowest BCUT2D eigenvalue weighted by molar-refractivity contribution is 0.519. The lowest BCUT2D eigenvalue weighted by Gasteiger charge is -2.11. The molecule has 0 saturated heterocycles. The SMILES string of the molecule is CCc1cccnc1C(N)c1cc2cc(C)ccc2o1. The van der Waals surface area contributed by atoms with Gasteiger partial charge in [-0.2, -0.15) is 0 Å². The lowest BCUT2D eigenvalue weighted by Crippen LogP contribution is -2.14. The number of aromatic nitrogens is 1. The highest BCUT2D eigenvalue weighted by Crippen LogP contribution is 2.28. The van der Waals surface area contributed by atoms with Crippen molar-refractivity contribution in [3.63, 3.8) is 0 Å². The standard InChI is InChI=1S/C17H18N2O/c1-3-12-5-4-8-19-17(12)16(18)15-10-13-9-11(2)6-7-14(13)20-15/h4-10,16H,3,18H2,1-2H3. The first kappa shape index (κ1) is 12.9. The number of rotatable bonds is 3. The Hall–Kier alpha value is -2.13. The van der Waals surface area contributed by atoms with Gasteiger partial charge >= 0.3 is 0 Å². The smallest absolute Gasteiger partial charge is 0.134 e. The minimum atomic E-state index is -0.321. The molecule has 0 radical (unpaired) electrons. The highest BCUT2D eigenvalue weighted by atomic mass is 16.3. The van der Waals surface area contributed by atoms with Gasteiger partial charge in [-0.3, -0.25) is 4.98 Å². The average molecular weight is 266 g/mol. The maximum absolute atomic E-state index is 6.34. The summed E-state index contributed by atoms with van der Waals surface area (Å²) in [6.07, 6.45) is 2.69. The van der Waals surface area contributed by atoms with Crippen molar-refractivity contribution >= 4 is 11.0 Å². The number of furan rings is 1. The minimum Gasteiger partial charge on any atom is -0.459 e. The monoisotopic (exact) mass is 266 g/mol. The topological polar surface area (TPSA) is 52.0 Å². The Balaban J connectivity index is 2.05. The van der Waals surface area contributed by atoms with E-state index in [9.17, 15) is 0 Å². The molecule has 0 aliphatic carbocycles. The van der Waals surface area contributed by atoms with Gasteiger partial charge in [-0.25, -0.2) is 0 Å². The Morgan fingerprint density at radius 1 is 1.25 bits per heavy atom. The predicted molar refractivity (Wildman–Crippen MR) is 80.6 cm³/mol. The molecule has 3 aromatic rings. The van der Waals surface area contributed by atoms with Gasteiger partial charge in [0.15, 0.2) is 0 Å². The second-order valence-electron chi connectivity index (χ2n) is 5.07. The van der Waals surface area contributed by atoms with Crippen molar-refractivity contribution in [3.05, 3.63) is 65.2 Å². The molecular formula is C17H18N2O. The van der Waals surface area contributed by atoms with Crippen LogP contribution in [0.1, 0.15) is 35.5 Å². The summed E-state index contributed by atoms with van der Waals surface area (Å²) in [6, 6.07) is 11.8. The average Bonchev–Trinajstić information content (AvgIpc) is 2.89. The Morgan fingerprint density at radius 2 is 2.10 bits per heavy atom. The predicted octanol–water partition coefficient (Wildman–Crippen LogP) is 3.75. The molecule has 0 aliphatic heterocycles. The molecule has 20 heavy (non-hydrogen) atoms. The molecule has 0 fully saturated rings. The van der Waals surface area contributed by atoms with Gasteiger partial charge < -0.3 is 10.2 Å². The third kappa shape index (κ3) is 2.21. The quantitative estimate of drug-likeness (QED) is 0.785. The summed E-state index contributed by atoms with van der Waals surface area (Å²) in [7, 11) is 0. The highest BCUT2D eigenvalue weighted by Gasteiger charge is 2.18.